The highest BCUT2D eigenvalue weighted by atomic mass is 16.2. The Labute approximate surface area is 91.7 Å². The normalized spacial score (nSPS) is 29.0. The van der Waals surface area contributed by atoms with Gasteiger partial charge < -0.3 is 10.6 Å². The SMILES string of the molecule is C=CCN1CC(C)CN(C)C(=O)C1CN. The summed E-state index contributed by atoms with van der Waals surface area (Å²) in [6, 6.07) is -0.182. The second-order valence-corrected chi connectivity index (χ2v) is 4.32. The quantitative estimate of drug-likeness (QED) is 0.664. The van der Waals surface area contributed by atoms with Crippen molar-refractivity contribution in [3.63, 3.8) is 0 Å². The van der Waals surface area contributed by atoms with Crippen molar-refractivity contribution in [1.82, 2.24) is 9.80 Å². The van der Waals surface area contributed by atoms with Crippen molar-refractivity contribution < 1.29 is 4.79 Å². The third-order valence-electron chi connectivity index (χ3n) is 2.82. The Bertz CT molecular complexity index is 242. The summed E-state index contributed by atoms with van der Waals surface area (Å²) in [7, 11) is 1.85. The van der Waals surface area contributed by atoms with Crippen molar-refractivity contribution in [2.45, 2.75) is 13.0 Å². The Morgan fingerprint density at radius 2 is 2.27 bits per heavy atom. The summed E-state index contributed by atoms with van der Waals surface area (Å²) in [5.41, 5.74) is 5.67. The van der Waals surface area contributed by atoms with Gasteiger partial charge in [-0.15, -0.1) is 6.58 Å². The van der Waals surface area contributed by atoms with Gasteiger partial charge in [0.15, 0.2) is 0 Å². The van der Waals surface area contributed by atoms with E-state index in [1.54, 1.807) is 4.90 Å². The zero-order chi connectivity index (χ0) is 11.4. The standard InChI is InChI=1S/C11H21N3O/c1-4-5-14-8-9(2)7-13(3)11(15)10(14)6-12/h4,9-10H,1,5-8,12H2,2-3H3. The van der Waals surface area contributed by atoms with Crippen LogP contribution in [0.15, 0.2) is 12.7 Å². The van der Waals surface area contributed by atoms with Crippen LogP contribution >= 0.6 is 0 Å². The van der Waals surface area contributed by atoms with E-state index >= 15 is 0 Å². The Kier molecular flexibility index (Phi) is 4.29. The van der Waals surface area contributed by atoms with Crippen molar-refractivity contribution in [2.75, 3.05) is 33.2 Å². The Morgan fingerprint density at radius 1 is 1.60 bits per heavy atom. The molecule has 1 aliphatic heterocycles. The van der Waals surface area contributed by atoms with E-state index in [4.69, 9.17) is 5.73 Å². The summed E-state index contributed by atoms with van der Waals surface area (Å²) in [5.74, 6) is 0.610. The molecule has 4 heteroatoms. The molecule has 0 aromatic rings. The predicted molar refractivity (Wildman–Crippen MR) is 61.4 cm³/mol. The van der Waals surface area contributed by atoms with E-state index in [0.29, 0.717) is 12.5 Å². The zero-order valence-corrected chi connectivity index (χ0v) is 9.65. The highest BCUT2D eigenvalue weighted by Crippen LogP contribution is 2.13. The number of rotatable bonds is 3. The van der Waals surface area contributed by atoms with Crippen LogP contribution in [0, 0.1) is 5.92 Å². The average Bonchev–Trinajstić information content (AvgIpc) is 2.26. The number of nitrogens with two attached hydrogens (primary N) is 1. The van der Waals surface area contributed by atoms with Gasteiger partial charge in [0.2, 0.25) is 5.91 Å². The van der Waals surface area contributed by atoms with Crippen LogP contribution in [0.1, 0.15) is 6.92 Å². The highest BCUT2D eigenvalue weighted by molar-refractivity contribution is 5.82. The molecule has 0 aromatic heterocycles. The van der Waals surface area contributed by atoms with Gasteiger partial charge in [0.25, 0.3) is 0 Å². The number of likely N-dealkylation sites (N-methyl/N-ethyl adjacent to an activating group) is 1. The first-order chi connectivity index (χ1) is 7.10. The first-order valence-corrected chi connectivity index (χ1v) is 5.40. The molecule has 2 unspecified atom stereocenters. The molecular formula is C11H21N3O. The maximum absolute atomic E-state index is 12.0. The second kappa shape index (κ2) is 5.28. The number of carbonyl (C=O) groups is 1. The van der Waals surface area contributed by atoms with E-state index in [9.17, 15) is 4.79 Å². The van der Waals surface area contributed by atoms with Gasteiger partial charge in [0.05, 0.1) is 0 Å². The molecule has 1 saturated heterocycles. The lowest BCUT2D eigenvalue weighted by Gasteiger charge is -2.27. The summed E-state index contributed by atoms with van der Waals surface area (Å²) < 4.78 is 0. The highest BCUT2D eigenvalue weighted by Gasteiger charge is 2.31. The van der Waals surface area contributed by atoms with Gasteiger partial charge in [-0.3, -0.25) is 9.69 Å². The first kappa shape index (κ1) is 12.2. The summed E-state index contributed by atoms with van der Waals surface area (Å²) >= 11 is 0. The van der Waals surface area contributed by atoms with Crippen LogP contribution in [0.5, 0.6) is 0 Å². The molecule has 15 heavy (non-hydrogen) atoms. The average molecular weight is 211 g/mol. The number of amides is 1. The van der Waals surface area contributed by atoms with E-state index in [1.807, 2.05) is 13.1 Å². The van der Waals surface area contributed by atoms with E-state index in [0.717, 1.165) is 19.6 Å². The lowest BCUT2D eigenvalue weighted by atomic mass is 10.1. The van der Waals surface area contributed by atoms with E-state index in [-0.39, 0.29) is 11.9 Å². The molecule has 0 radical (unpaired) electrons. The van der Waals surface area contributed by atoms with Crippen molar-refractivity contribution in [3.8, 4) is 0 Å². The monoisotopic (exact) mass is 211 g/mol. The van der Waals surface area contributed by atoms with Gasteiger partial charge in [-0.1, -0.05) is 13.0 Å². The van der Waals surface area contributed by atoms with Gasteiger partial charge in [-0.05, 0) is 5.92 Å². The summed E-state index contributed by atoms with van der Waals surface area (Å²) in [4.78, 5) is 15.9. The molecule has 0 aliphatic carbocycles. The fourth-order valence-corrected chi connectivity index (χ4v) is 2.17. The van der Waals surface area contributed by atoms with E-state index < -0.39 is 0 Å². The van der Waals surface area contributed by atoms with Crippen LogP contribution in [0.4, 0.5) is 0 Å². The smallest absolute Gasteiger partial charge is 0.241 e. The van der Waals surface area contributed by atoms with Crippen molar-refractivity contribution in [3.05, 3.63) is 12.7 Å². The molecule has 0 spiro atoms. The number of hydrogen-bond donors (Lipinski definition) is 1. The molecule has 1 rings (SSSR count). The molecule has 1 amide bonds. The number of nitrogens with zero attached hydrogens (tertiary/aromatic N) is 2. The third kappa shape index (κ3) is 2.79. The van der Waals surface area contributed by atoms with Crippen LogP contribution < -0.4 is 5.73 Å². The first-order valence-electron chi connectivity index (χ1n) is 5.40. The summed E-state index contributed by atoms with van der Waals surface area (Å²) in [6.07, 6.45) is 1.83. The molecule has 4 nitrogen and oxygen atoms in total. The fraction of sp³-hybridized carbons (Fsp3) is 0.727. The van der Waals surface area contributed by atoms with Crippen molar-refractivity contribution in [1.29, 1.82) is 0 Å². The fourth-order valence-electron chi connectivity index (χ4n) is 2.17. The predicted octanol–water partition coefficient (Wildman–Crippen LogP) is -0.0902. The molecule has 2 N–H and O–H groups in total. The molecule has 1 aliphatic rings. The molecule has 0 bridgehead atoms. The van der Waals surface area contributed by atoms with Crippen LogP contribution in [-0.2, 0) is 4.79 Å². The molecule has 1 fully saturated rings. The van der Waals surface area contributed by atoms with Gasteiger partial charge in [0.1, 0.15) is 6.04 Å². The Balaban J connectivity index is 2.83. The molecule has 0 saturated carbocycles. The molecule has 2 atom stereocenters. The summed E-state index contributed by atoms with van der Waals surface area (Å²) in [6.45, 7) is 8.69. The van der Waals surface area contributed by atoms with E-state index in [1.165, 1.54) is 0 Å². The zero-order valence-electron chi connectivity index (χ0n) is 9.65. The van der Waals surface area contributed by atoms with Gasteiger partial charge >= 0.3 is 0 Å². The molecular weight excluding hydrogens is 190 g/mol. The van der Waals surface area contributed by atoms with Crippen LogP contribution in [0.25, 0.3) is 0 Å². The molecule has 1 heterocycles. The van der Waals surface area contributed by atoms with Gasteiger partial charge in [-0.25, -0.2) is 0 Å². The van der Waals surface area contributed by atoms with E-state index in [2.05, 4.69) is 18.4 Å². The lowest BCUT2D eigenvalue weighted by Crippen LogP contribution is -2.49. The Hall–Kier alpha value is -0.870. The van der Waals surface area contributed by atoms with Crippen LogP contribution in [0.2, 0.25) is 0 Å². The molecule has 0 aromatic carbocycles. The minimum absolute atomic E-state index is 0.128. The van der Waals surface area contributed by atoms with Crippen LogP contribution in [-0.4, -0.2) is 55.0 Å². The van der Waals surface area contributed by atoms with Gasteiger partial charge in [-0.2, -0.15) is 0 Å². The minimum atomic E-state index is -0.182. The van der Waals surface area contributed by atoms with Gasteiger partial charge in [0, 0.05) is 33.2 Å². The third-order valence-corrected chi connectivity index (χ3v) is 2.82. The van der Waals surface area contributed by atoms with Crippen molar-refractivity contribution in [2.24, 2.45) is 11.7 Å². The lowest BCUT2D eigenvalue weighted by molar-refractivity contribution is -0.133. The minimum Gasteiger partial charge on any atom is -0.344 e. The molecule has 86 valence electrons. The largest absolute Gasteiger partial charge is 0.344 e. The topological polar surface area (TPSA) is 49.6 Å². The Morgan fingerprint density at radius 3 is 2.80 bits per heavy atom. The van der Waals surface area contributed by atoms with Crippen molar-refractivity contribution >= 4 is 5.91 Å². The second-order valence-electron chi connectivity index (χ2n) is 4.32. The number of hydrogen-bond acceptors (Lipinski definition) is 3. The summed E-state index contributed by atoms with van der Waals surface area (Å²) in [5, 5.41) is 0. The number of carbonyl (C=O) groups excluding carboxylic acids is 1. The maximum atomic E-state index is 12.0. The maximum Gasteiger partial charge on any atom is 0.241 e. The van der Waals surface area contributed by atoms with Crippen LogP contribution in [0.3, 0.4) is 0 Å².